The van der Waals surface area contributed by atoms with Gasteiger partial charge < -0.3 is 101 Å². The number of phenols is 2. The van der Waals surface area contributed by atoms with Crippen LogP contribution < -0.4 is 37.6 Å². The number of benzene rings is 2. The molecule has 0 spiro atoms. The van der Waals surface area contributed by atoms with E-state index in [1.165, 1.54) is 32.8 Å². The van der Waals surface area contributed by atoms with Gasteiger partial charge in [-0.2, -0.15) is 0 Å². The molecule has 498 valence electrons. The summed E-state index contributed by atoms with van der Waals surface area (Å²) in [7, 11) is 4.26. The Morgan fingerprint density at radius 3 is 1.90 bits per heavy atom. The van der Waals surface area contributed by atoms with Gasteiger partial charge in [-0.25, -0.2) is 0 Å². The van der Waals surface area contributed by atoms with Crippen molar-refractivity contribution in [3.05, 3.63) is 81.1 Å². The first-order valence-corrected chi connectivity index (χ1v) is 30.0. The predicted octanol–water partition coefficient (Wildman–Crippen LogP) is -1.46. The van der Waals surface area contributed by atoms with Gasteiger partial charge in [-0.15, -0.1) is 0 Å². The number of amides is 6. The molecule has 29 heteroatoms. The highest BCUT2D eigenvalue weighted by molar-refractivity contribution is 6.33. The number of allylic oxidation sites excluding steroid dienone is 4. The zero-order valence-electron chi connectivity index (χ0n) is 52.1. The number of nitrogens with zero attached hydrogens (tertiary/aromatic N) is 1. The number of nitrogens with one attached hydrogen (secondary N) is 6. The van der Waals surface area contributed by atoms with Crippen LogP contribution in [0.5, 0.6) is 11.5 Å². The fourth-order valence-electron chi connectivity index (χ4n) is 11.2. The molecular weight excluding hydrogens is 1180 g/mol. The van der Waals surface area contributed by atoms with Crippen molar-refractivity contribution in [2.75, 3.05) is 120 Å². The first-order valence-electron chi connectivity index (χ1n) is 30.0. The minimum atomic E-state index is -2.26. The maximum Gasteiger partial charge on any atom is 0.252 e. The highest BCUT2D eigenvalue weighted by atomic mass is 16.7. The van der Waals surface area contributed by atoms with E-state index in [0.717, 1.165) is 26.1 Å². The second kappa shape index (κ2) is 35.0. The number of aliphatic hydroxyl groups is 2. The minimum absolute atomic E-state index is 0.0119. The lowest BCUT2D eigenvalue weighted by Crippen LogP contribution is -2.57. The van der Waals surface area contributed by atoms with E-state index in [0.29, 0.717) is 26.4 Å². The lowest BCUT2D eigenvalue weighted by molar-refractivity contribution is -0.190. The molecule has 8 rings (SSSR count). The third-order valence-corrected chi connectivity index (χ3v) is 16.0. The van der Waals surface area contributed by atoms with Gasteiger partial charge in [0.1, 0.15) is 35.1 Å². The quantitative estimate of drug-likeness (QED) is 0.0248. The molecule has 10 atom stereocenters. The normalized spacial score (nSPS) is 26.2. The topological polar surface area (TPSA) is 402 Å². The Hall–Kier alpha value is -7.00. The number of aromatic hydroxyl groups is 2. The Labute approximate surface area is 522 Å². The van der Waals surface area contributed by atoms with Gasteiger partial charge >= 0.3 is 0 Å². The number of Topliss-reactive ketones (excluding diaryl/α,β-unsaturated/α-hetero) is 2. The number of rotatable bonds is 24. The van der Waals surface area contributed by atoms with Gasteiger partial charge in [0, 0.05) is 88.9 Å². The average Bonchev–Trinajstić information content (AvgIpc) is 0.931. The molecule has 0 aromatic heterocycles. The van der Waals surface area contributed by atoms with Gasteiger partial charge in [0.2, 0.25) is 35.3 Å². The largest absolute Gasteiger partial charge is 0.507 e. The van der Waals surface area contributed by atoms with Gasteiger partial charge in [0.05, 0.1) is 127 Å². The molecule has 2 aromatic rings. The number of ketones is 2. The number of nitrogens with two attached hydrogens (primary N) is 1. The molecule has 29 nitrogen and oxygen atoms in total. The molecule has 10 unspecified atom stereocenters. The van der Waals surface area contributed by atoms with E-state index < -0.39 is 144 Å². The second-order valence-electron chi connectivity index (χ2n) is 22.0. The Kier molecular flexibility index (Phi) is 28.0. The van der Waals surface area contributed by atoms with Crippen LogP contribution in [0.1, 0.15) is 90.0 Å². The van der Waals surface area contributed by atoms with Gasteiger partial charge in [-0.3, -0.25) is 43.3 Å². The summed E-state index contributed by atoms with van der Waals surface area (Å²) >= 11 is 0. The second-order valence-corrected chi connectivity index (χ2v) is 22.0. The summed E-state index contributed by atoms with van der Waals surface area (Å²) in [5.74, 6) is -6.63. The molecule has 12 N–H and O–H groups in total. The number of carbonyl (C=O) groups is 8. The van der Waals surface area contributed by atoms with Crippen molar-refractivity contribution in [2.24, 2.45) is 5.73 Å². The van der Waals surface area contributed by atoms with E-state index >= 15 is 0 Å². The summed E-state index contributed by atoms with van der Waals surface area (Å²) in [4.78, 5) is 105. The Morgan fingerprint density at radius 1 is 0.756 bits per heavy atom. The lowest BCUT2D eigenvalue weighted by atomic mass is 9.72. The van der Waals surface area contributed by atoms with Gasteiger partial charge in [-0.05, 0) is 27.2 Å². The number of carbonyl (C=O) groups excluding carboxylic acids is 8. The molecule has 4 fully saturated rings. The first-order chi connectivity index (χ1) is 43.1. The molecule has 0 saturated carbocycles. The Bertz CT molecular complexity index is 2890. The standard InChI is InChI=1S/C43H59N7O17.C11H21NO4.C7H8/c1-5-21-32(25(6-2)62-3)38(58)35-34(36(21)56)37(57)22-13-43(61,14-26(63-4)33(22)39(35)59)42(60)50-24-20-67-40-23(19-66-41(24)40)49-31(55)18-48-30(54)17-47-29(53)16-46-28(52)15-45-27(51)7-9-64-11-12-65-10-8-44;1-8-11(13)9(3-5-15-8)12-4-6-16-10(7-12)14-2;1-7-5-3-2-4-6-7/h5,23-24,26,40-41,57,59,61H,6-20,44H2,1-4H3,(H,45,51)(H,46,52)(H,47,53)(H,48,54)(H,49,55)(H,50,60);8-11,13H,3-7H2,1-2H3;2-6H,1H3/b21-5+,32-25-;;. The summed E-state index contributed by atoms with van der Waals surface area (Å²) in [6.45, 7) is 9.81. The lowest BCUT2D eigenvalue weighted by Gasteiger charge is -2.43. The number of hydrogen-bond acceptors (Lipinski definition) is 23. The monoisotopic (exact) mass is 1270 g/mol. The molecule has 6 amide bonds. The number of methoxy groups -OCH3 is 3. The fourth-order valence-corrected chi connectivity index (χ4v) is 11.2. The maximum atomic E-state index is 13.9. The first kappa shape index (κ1) is 72.1. The Morgan fingerprint density at radius 2 is 1.34 bits per heavy atom. The molecule has 6 aliphatic rings. The van der Waals surface area contributed by atoms with Gasteiger partial charge in [-0.1, -0.05) is 48.9 Å². The molecule has 2 aliphatic carbocycles. The molecule has 4 heterocycles. The number of aliphatic hydroxyl groups excluding tert-OH is 1. The van der Waals surface area contributed by atoms with Crippen molar-refractivity contribution < 1.29 is 101 Å². The molecule has 0 radical (unpaired) electrons. The molecule has 90 heavy (non-hydrogen) atoms. The van der Waals surface area contributed by atoms with Crippen molar-refractivity contribution in [1.82, 2.24) is 36.8 Å². The van der Waals surface area contributed by atoms with Gasteiger partial charge in [0.25, 0.3) is 5.91 Å². The van der Waals surface area contributed by atoms with Crippen molar-refractivity contribution in [2.45, 2.75) is 120 Å². The van der Waals surface area contributed by atoms with Crippen LogP contribution in [0.25, 0.3) is 0 Å². The van der Waals surface area contributed by atoms with E-state index in [9.17, 15) is 58.8 Å². The summed E-state index contributed by atoms with van der Waals surface area (Å²) in [6.07, 6.45) is -1.85. The van der Waals surface area contributed by atoms with Crippen LogP contribution in [0.15, 0.2) is 53.3 Å². The van der Waals surface area contributed by atoms with Gasteiger partial charge in [0.15, 0.2) is 12.1 Å². The summed E-state index contributed by atoms with van der Waals surface area (Å²) in [5, 5.41) is 59.9. The van der Waals surface area contributed by atoms with Crippen molar-refractivity contribution in [1.29, 1.82) is 0 Å². The minimum Gasteiger partial charge on any atom is -0.507 e. The molecule has 4 aliphatic heterocycles. The fraction of sp³-hybridized carbons (Fsp3) is 0.607. The number of aryl methyl sites for hydroxylation is 1. The highest BCUT2D eigenvalue weighted by Gasteiger charge is 2.53. The summed E-state index contributed by atoms with van der Waals surface area (Å²) < 4.78 is 49.2. The maximum absolute atomic E-state index is 13.9. The van der Waals surface area contributed by atoms with Crippen LogP contribution in [0, 0.1) is 6.92 Å². The van der Waals surface area contributed by atoms with Crippen LogP contribution in [-0.4, -0.2) is 247 Å². The molecule has 4 saturated heterocycles. The van der Waals surface area contributed by atoms with E-state index in [1.807, 2.05) is 25.1 Å². The number of morpholine rings is 1. The number of hydrogen-bond donors (Lipinski definition) is 11. The number of phenolic OH excluding ortho intramolecular Hbond substituents is 2. The summed E-state index contributed by atoms with van der Waals surface area (Å²) in [6, 6.07) is 8.91. The zero-order chi connectivity index (χ0) is 65.7. The van der Waals surface area contributed by atoms with Crippen LogP contribution in [0.3, 0.4) is 0 Å². The van der Waals surface area contributed by atoms with Crippen molar-refractivity contribution in [3.63, 3.8) is 0 Å². The zero-order valence-corrected chi connectivity index (χ0v) is 52.1. The highest BCUT2D eigenvalue weighted by Crippen LogP contribution is 2.52. The van der Waals surface area contributed by atoms with Crippen molar-refractivity contribution >= 4 is 47.0 Å². The van der Waals surface area contributed by atoms with Crippen LogP contribution in [0.2, 0.25) is 0 Å². The van der Waals surface area contributed by atoms with Crippen LogP contribution in [-0.2, 0) is 77.8 Å². The summed E-state index contributed by atoms with van der Waals surface area (Å²) in [5.41, 5.74) is 3.14. The van der Waals surface area contributed by atoms with E-state index in [-0.39, 0.29) is 92.3 Å². The third kappa shape index (κ3) is 18.8. The third-order valence-electron chi connectivity index (χ3n) is 16.0. The molecule has 0 bridgehead atoms. The average molecular weight is 1270 g/mol. The molecular formula is C61H88N8O21. The number of fused-ring (bicyclic) bond motifs is 3. The van der Waals surface area contributed by atoms with Crippen LogP contribution in [0.4, 0.5) is 0 Å². The Balaban J connectivity index is 0.000000462. The number of ether oxygens (including phenoxy) is 9. The molecule has 2 aromatic carbocycles. The van der Waals surface area contributed by atoms with E-state index in [2.05, 4.69) is 55.9 Å². The van der Waals surface area contributed by atoms with Crippen LogP contribution >= 0.6 is 0 Å². The van der Waals surface area contributed by atoms with Crippen molar-refractivity contribution in [3.8, 4) is 11.5 Å². The SMILES string of the molecule is C/C=C1/C(=O)c2c(O)c3c(c(O)c2C(=O)/C1=C(/CC)OC)C(OC)CC(O)(C(=O)NC1COC2C(NC(=O)CNC(=O)CNC(=O)CNC(=O)CNC(=O)CCOCCOCCN)COC12)C3.COC1CN(C2CCOC(C)C2O)CCO1.Cc1ccccc1. The van der Waals surface area contributed by atoms with E-state index in [1.54, 1.807) is 14.0 Å². The smallest absolute Gasteiger partial charge is 0.252 e. The predicted molar refractivity (Wildman–Crippen MR) is 320 cm³/mol. The van der Waals surface area contributed by atoms with E-state index in [4.69, 9.17) is 48.4 Å².